The highest BCUT2D eigenvalue weighted by Gasteiger charge is 2.08. The number of thioether (sulfide) groups is 1. The van der Waals surface area contributed by atoms with Gasteiger partial charge in [-0.3, -0.25) is 0 Å². The molecule has 0 aliphatic rings. The van der Waals surface area contributed by atoms with Gasteiger partial charge in [-0.15, -0.1) is 0 Å². The zero-order valence-electron chi connectivity index (χ0n) is 8.13. The van der Waals surface area contributed by atoms with Crippen LogP contribution < -0.4 is 5.73 Å². The molecule has 2 N–H and O–H groups in total. The first kappa shape index (κ1) is 11.3. The highest BCUT2D eigenvalue weighted by Crippen LogP contribution is 2.18. The Kier molecular flexibility index (Phi) is 6.06. The first-order chi connectivity index (χ1) is 5.07. The molecule has 0 rings (SSSR count). The lowest BCUT2D eigenvalue weighted by atomic mass is 10.2. The monoisotopic (exact) mass is 175 g/mol. The molecule has 0 saturated heterocycles. The van der Waals surface area contributed by atoms with E-state index in [2.05, 4.69) is 27.7 Å². The van der Waals surface area contributed by atoms with Gasteiger partial charge in [0.05, 0.1) is 0 Å². The number of nitrogens with two attached hydrogens (primary N) is 1. The average Bonchev–Trinajstić information content (AvgIpc) is 1.99. The molecule has 68 valence electrons. The Labute approximate surface area is 75.1 Å². The summed E-state index contributed by atoms with van der Waals surface area (Å²) in [6.45, 7) is 8.81. The third kappa shape index (κ3) is 5.57. The lowest BCUT2D eigenvalue weighted by Crippen LogP contribution is -2.27. The molecule has 0 aromatic heterocycles. The maximum absolute atomic E-state index is 5.74. The van der Waals surface area contributed by atoms with E-state index in [-0.39, 0.29) is 0 Å². The minimum atomic E-state index is 0.323. The highest BCUT2D eigenvalue weighted by molar-refractivity contribution is 7.99. The van der Waals surface area contributed by atoms with Gasteiger partial charge in [0.2, 0.25) is 0 Å². The van der Waals surface area contributed by atoms with Crippen molar-refractivity contribution in [2.45, 2.75) is 45.4 Å². The van der Waals surface area contributed by atoms with Crippen molar-refractivity contribution < 1.29 is 0 Å². The topological polar surface area (TPSA) is 26.0 Å². The van der Waals surface area contributed by atoms with Gasteiger partial charge in [0, 0.05) is 11.3 Å². The molecular weight excluding hydrogens is 154 g/mol. The Balaban J connectivity index is 3.37. The second-order valence-corrected chi connectivity index (χ2v) is 4.82. The van der Waals surface area contributed by atoms with Crippen LogP contribution in [0.15, 0.2) is 0 Å². The van der Waals surface area contributed by atoms with Crippen LogP contribution in [0.2, 0.25) is 0 Å². The molecule has 0 aliphatic carbocycles. The van der Waals surface area contributed by atoms with Crippen molar-refractivity contribution in [3.05, 3.63) is 0 Å². The molecule has 0 fully saturated rings. The van der Waals surface area contributed by atoms with Crippen molar-refractivity contribution in [2.24, 2.45) is 11.7 Å². The zero-order valence-corrected chi connectivity index (χ0v) is 8.95. The fraction of sp³-hybridized carbons (Fsp3) is 1.00. The van der Waals surface area contributed by atoms with E-state index >= 15 is 0 Å². The quantitative estimate of drug-likeness (QED) is 0.695. The molecule has 0 saturated carbocycles. The predicted octanol–water partition coefficient (Wildman–Crippen LogP) is 2.50. The van der Waals surface area contributed by atoms with Gasteiger partial charge in [0.15, 0.2) is 0 Å². The molecule has 3 unspecified atom stereocenters. The first-order valence-electron chi connectivity index (χ1n) is 4.45. The molecule has 0 aliphatic heterocycles. The van der Waals surface area contributed by atoms with E-state index < -0.39 is 0 Å². The maximum atomic E-state index is 5.74. The summed E-state index contributed by atoms with van der Waals surface area (Å²) in [5.41, 5.74) is 5.74. The Morgan fingerprint density at radius 1 is 1.27 bits per heavy atom. The van der Waals surface area contributed by atoms with Gasteiger partial charge in [-0.2, -0.15) is 11.8 Å². The average molecular weight is 175 g/mol. The summed E-state index contributed by atoms with van der Waals surface area (Å²) in [7, 11) is 0. The van der Waals surface area contributed by atoms with Crippen LogP contribution in [0.3, 0.4) is 0 Å². The largest absolute Gasteiger partial charge is 0.327 e. The Hall–Kier alpha value is 0.310. The third-order valence-electron chi connectivity index (χ3n) is 2.08. The molecule has 0 spiro atoms. The van der Waals surface area contributed by atoms with Gasteiger partial charge in [0.25, 0.3) is 0 Å². The number of rotatable bonds is 5. The molecule has 0 aromatic rings. The minimum Gasteiger partial charge on any atom is -0.327 e. The van der Waals surface area contributed by atoms with Crippen molar-refractivity contribution in [3.8, 4) is 0 Å². The van der Waals surface area contributed by atoms with Crippen molar-refractivity contribution in [1.29, 1.82) is 0 Å². The summed E-state index contributed by atoms with van der Waals surface area (Å²) in [6, 6.07) is 0.323. The van der Waals surface area contributed by atoms with Gasteiger partial charge in [-0.05, 0) is 18.6 Å². The van der Waals surface area contributed by atoms with Crippen LogP contribution >= 0.6 is 11.8 Å². The molecule has 0 aromatic carbocycles. The van der Waals surface area contributed by atoms with Crippen LogP contribution in [-0.4, -0.2) is 17.0 Å². The maximum Gasteiger partial charge on any atom is 0.0168 e. The summed E-state index contributed by atoms with van der Waals surface area (Å²) in [4.78, 5) is 0. The molecule has 0 radical (unpaired) electrons. The fourth-order valence-electron chi connectivity index (χ4n) is 0.586. The molecule has 1 nitrogen and oxygen atoms in total. The lowest BCUT2D eigenvalue weighted by molar-refractivity contribution is 0.632. The van der Waals surface area contributed by atoms with Gasteiger partial charge in [-0.1, -0.05) is 27.2 Å². The second-order valence-electron chi connectivity index (χ2n) is 3.41. The van der Waals surface area contributed by atoms with E-state index in [9.17, 15) is 0 Å². The standard InChI is InChI=1S/C9H21NS/c1-5-7(2)6-11-9(4)8(3)10/h7-9H,5-6,10H2,1-4H3. The summed E-state index contributed by atoms with van der Waals surface area (Å²) < 4.78 is 0. The van der Waals surface area contributed by atoms with E-state index in [1.165, 1.54) is 12.2 Å². The molecule has 0 bridgehead atoms. The van der Waals surface area contributed by atoms with Gasteiger partial charge < -0.3 is 5.73 Å². The van der Waals surface area contributed by atoms with Crippen LogP contribution in [0, 0.1) is 5.92 Å². The van der Waals surface area contributed by atoms with Gasteiger partial charge in [-0.25, -0.2) is 0 Å². The summed E-state index contributed by atoms with van der Waals surface area (Å²) in [6.07, 6.45) is 1.28. The summed E-state index contributed by atoms with van der Waals surface area (Å²) in [5.74, 6) is 2.08. The third-order valence-corrected chi connectivity index (χ3v) is 3.80. The van der Waals surface area contributed by atoms with Crippen molar-refractivity contribution in [1.82, 2.24) is 0 Å². The number of hydrogen-bond acceptors (Lipinski definition) is 2. The molecule has 0 amide bonds. The lowest BCUT2D eigenvalue weighted by Gasteiger charge is -2.16. The van der Waals surface area contributed by atoms with Crippen LogP contribution in [-0.2, 0) is 0 Å². The molecule has 3 atom stereocenters. The Morgan fingerprint density at radius 2 is 1.82 bits per heavy atom. The van der Waals surface area contributed by atoms with Gasteiger partial charge >= 0.3 is 0 Å². The van der Waals surface area contributed by atoms with Crippen molar-refractivity contribution >= 4 is 11.8 Å². The smallest absolute Gasteiger partial charge is 0.0168 e. The first-order valence-corrected chi connectivity index (χ1v) is 5.50. The van der Waals surface area contributed by atoms with Crippen LogP contribution in [0.4, 0.5) is 0 Å². The van der Waals surface area contributed by atoms with E-state index in [1.54, 1.807) is 0 Å². The fourth-order valence-corrected chi connectivity index (χ4v) is 1.76. The molecular formula is C9H21NS. The zero-order chi connectivity index (χ0) is 8.85. The van der Waals surface area contributed by atoms with Crippen LogP contribution in [0.1, 0.15) is 34.1 Å². The van der Waals surface area contributed by atoms with E-state index in [1.807, 2.05) is 11.8 Å². The van der Waals surface area contributed by atoms with Crippen LogP contribution in [0.5, 0.6) is 0 Å². The SMILES string of the molecule is CCC(C)CSC(C)C(C)N. The predicted molar refractivity (Wildman–Crippen MR) is 55.0 cm³/mol. The van der Waals surface area contributed by atoms with Gasteiger partial charge in [0.1, 0.15) is 0 Å². The molecule has 2 heteroatoms. The van der Waals surface area contributed by atoms with E-state index in [0.29, 0.717) is 11.3 Å². The highest BCUT2D eigenvalue weighted by atomic mass is 32.2. The minimum absolute atomic E-state index is 0.323. The van der Waals surface area contributed by atoms with Crippen molar-refractivity contribution in [3.63, 3.8) is 0 Å². The summed E-state index contributed by atoms with van der Waals surface area (Å²) in [5, 5.41) is 0.601. The van der Waals surface area contributed by atoms with E-state index in [4.69, 9.17) is 5.73 Å². The van der Waals surface area contributed by atoms with Crippen molar-refractivity contribution in [2.75, 3.05) is 5.75 Å². The molecule has 0 heterocycles. The normalized spacial score (nSPS) is 19.4. The number of hydrogen-bond donors (Lipinski definition) is 1. The molecule has 11 heavy (non-hydrogen) atoms. The summed E-state index contributed by atoms with van der Waals surface area (Å²) >= 11 is 1.99. The van der Waals surface area contributed by atoms with Crippen LogP contribution in [0.25, 0.3) is 0 Å². The second kappa shape index (κ2) is 5.90. The Morgan fingerprint density at radius 3 is 2.18 bits per heavy atom. The van der Waals surface area contributed by atoms with E-state index in [0.717, 1.165) is 5.92 Å². The Bertz CT molecular complexity index is 93.6.